The number of rotatable bonds is 4. The summed E-state index contributed by atoms with van der Waals surface area (Å²) in [6.45, 7) is 12.6. The summed E-state index contributed by atoms with van der Waals surface area (Å²) >= 11 is 0. The Kier molecular flexibility index (Phi) is 4.58. The molecule has 0 spiro atoms. The molecule has 0 atom stereocenters. The largest absolute Gasteiger partial charge is 0.383 e. The van der Waals surface area contributed by atoms with E-state index < -0.39 is 0 Å². The van der Waals surface area contributed by atoms with Gasteiger partial charge in [-0.1, -0.05) is 0 Å². The van der Waals surface area contributed by atoms with Crippen molar-refractivity contribution >= 4 is 0 Å². The summed E-state index contributed by atoms with van der Waals surface area (Å²) in [5.41, 5.74) is 0. The monoisotopic (exact) mass is 170 g/mol. The number of hydrogen-bond acceptors (Lipinski definition) is 3. The zero-order valence-electron chi connectivity index (χ0n) is 7.83. The summed E-state index contributed by atoms with van der Waals surface area (Å²) in [5.74, 6) is 0. The highest BCUT2D eigenvalue weighted by atomic mass is 16.5. The molecular formula is C9H18N2O. The lowest BCUT2D eigenvalue weighted by Gasteiger charge is -2.33. The van der Waals surface area contributed by atoms with E-state index in [1.54, 1.807) is 7.11 Å². The molecule has 1 fully saturated rings. The van der Waals surface area contributed by atoms with Gasteiger partial charge in [0.05, 0.1) is 6.61 Å². The summed E-state index contributed by atoms with van der Waals surface area (Å²) in [6, 6.07) is 0. The fourth-order valence-electron chi connectivity index (χ4n) is 1.42. The molecule has 0 aromatic carbocycles. The lowest BCUT2D eigenvalue weighted by atomic mass is 10.3. The highest BCUT2D eigenvalue weighted by Crippen LogP contribution is 1.99. The second-order valence-electron chi connectivity index (χ2n) is 3.14. The number of nitrogens with zero attached hydrogens (tertiary/aromatic N) is 2. The summed E-state index contributed by atoms with van der Waals surface area (Å²) in [7, 11) is 1.75. The Bertz CT molecular complexity index is 111. The average Bonchev–Trinajstić information content (AvgIpc) is 2.15. The Morgan fingerprint density at radius 2 is 1.75 bits per heavy atom. The van der Waals surface area contributed by atoms with E-state index in [9.17, 15) is 0 Å². The van der Waals surface area contributed by atoms with Crippen molar-refractivity contribution in [3.8, 4) is 0 Å². The molecular weight excluding hydrogens is 152 g/mol. The number of hydrogen-bond donors (Lipinski definition) is 0. The lowest BCUT2D eigenvalue weighted by Crippen LogP contribution is -2.47. The van der Waals surface area contributed by atoms with Gasteiger partial charge in [-0.15, -0.1) is 0 Å². The van der Waals surface area contributed by atoms with Crippen LogP contribution in [0.25, 0.3) is 0 Å². The first-order chi connectivity index (χ1) is 5.86. The number of piperazine rings is 1. The molecule has 0 saturated carbocycles. The Hall–Kier alpha value is -0.120. The van der Waals surface area contributed by atoms with E-state index in [-0.39, 0.29) is 0 Å². The maximum absolute atomic E-state index is 5.53. The van der Waals surface area contributed by atoms with Crippen molar-refractivity contribution in [3.05, 3.63) is 6.92 Å². The second kappa shape index (κ2) is 5.51. The van der Waals surface area contributed by atoms with Crippen LogP contribution in [0.4, 0.5) is 0 Å². The van der Waals surface area contributed by atoms with Crippen molar-refractivity contribution < 1.29 is 4.74 Å². The molecule has 2 radical (unpaired) electrons. The molecule has 0 aromatic heterocycles. The zero-order chi connectivity index (χ0) is 8.81. The maximum Gasteiger partial charge on any atom is 0.0589 e. The van der Waals surface area contributed by atoms with Crippen LogP contribution >= 0.6 is 0 Å². The van der Waals surface area contributed by atoms with Crippen LogP contribution in [0.5, 0.6) is 0 Å². The highest BCUT2D eigenvalue weighted by Gasteiger charge is 2.14. The predicted molar refractivity (Wildman–Crippen MR) is 49.1 cm³/mol. The minimum atomic E-state index is 0.693. The normalized spacial score (nSPS) is 21.5. The fraction of sp³-hybridized carbons (Fsp3) is 0.889. The Morgan fingerprint density at radius 1 is 1.17 bits per heavy atom. The van der Waals surface area contributed by atoms with Crippen LogP contribution < -0.4 is 0 Å². The second-order valence-corrected chi connectivity index (χ2v) is 3.14. The van der Waals surface area contributed by atoms with Gasteiger partial charge in [-0.2, -0.15) is 0 Å². The fourth-order valence-corrected chi connectivity index (χ4v) is 1.42. The highest BCUT2D eigenvalue weighted by molar-refractivity contribution is 4.71. The van der Waals surface area contributed by atoms with Crippen LogP contribution in [-0.2, 0) is 4.74 Å². The quantitative estimate of drug-likeness (QED) is 0.589. The van der Waals surface area contributed by atoms with Crippen LogP contribution in [0.1, 0.15) is 0 Å². The molecule has 3 heteroatoms. The molecule has 0 amide bonds. The van der Waals surface area contributed by atoms with Gasteiger partial charge in [0, 0.05) is 46.4 Å². The van der Waals surface area contributed by atoms with Crippen molar-refractivity contribution in [3.63, 3.8) is 0 Å². The van der Waals surface area contributed by atoms with Gasteiger partial charge in [0.15, 0.2) is 0 Å². The van der Waals surface area contributed by atoms with E-state index >= 15 is 0 Å². The van der Waals surface area contributed by atoms with E-state index in [1.807, 2.05) is 0 Å². The topological polar surface area (TPSA) is 15.7 Å². The summed E-state index contributed by atoms with van der Waals surface area (Å²) in [4.78, 5) is 4.68. The van der Waals surface area contributed by atoms with Gasteiger partial charge < -0.3 is 9.64 Å². The third kappa shape index (κ3) is 3.09. The molecule has 1 aliphatic heterocycles. The van der Waals surface area contributed by atoms with E-state index in [1.165, 1.54) is 0 Å². The van der Waals surface area contributed by atoms with Crippen molar-refractivity contribution in [2.24, 2.45) is 0 Å². The molecule has 0 N–H and O–H groups in total. The van der Waals surface area contributed by atoms with Crippen LogP contribution in [0, 0.1) is 6.92 Å². The van der Waals surface area contributed by atoms with Crippen molar-refractivity contribution in [2.75, 3.05) is 53.0 Å². The minimum Gasteiger partial charge on any atom is -0.383 e. The third-order valence-electron chi connectivity index (χ3n) is 2.33. The lowest BCUT2D eigenvalue weighted by molar-refractivity contribution is 0.102. The van der Waals surface area contributed by atoms with Gasteiger partial charge in [-0.05, 0) is 6.92 Å². The Balaban J connectivity index is 2.09. The first-order valence-electron chi connectivity index (χ1n) is 4.50. The molecule has 12 heavy (non-hydrogen) atoms. The standard InChI is InChI=1S/C9H18N2O/c1-3-10-4-6-11(7-5-10)8-9-12-2/h1H,3-9H2,2H3. The molecule has 0 aromatic rings. The smallest absolute Gasteiger partial charge is 0.0589 e. The van der Waals surface area contributed by atoms with E-state index in [0.29, 0.717) is 6.54 Å². The van der Waals surface area contributed by atoms with Gasteiger partial charge in [0.1, 0.15) is 0 Å². The molecule has 0 aliphatic carbocycles. The van der Waals surface area contributed by atoms with Gasteiger partial charge in [-0.25, -0.2) is 0 Å². The SMILES string of the molecule is [CH]CN1CCN(CCOC)CC1. The number of ether oxygens (including phenoxy) is 1. The molecule has 3 nitrogen and oxygen atoms in total. The molecule has 0 bridgehead atoms. The van der Waals surface area contributed by atoms with Crippen LogP contribution in [0.15, 0.2) is 0 Å². The Labute approximate surface area is 75.3 Å². The van der Waals surface area contributed by atoms with Crippen LogP contribution in [0.3, 0.4) is 0 Å². The van der Waals surface area contributed by atoms with Crippen LogP contribution in [0.2, 0.25) is 0 Å². The van der Waals surface area contributed by atoms with Gasteiger partial charge in [-0.3, -0.25) is 4.90 Å². The van der Waals surface area contributed by atoms with E-state index in [0.717, 1.165) is 39.3 Å². The molecule has 1 saturated heterocycles. The van der Waals surface area contributed by atoms with Gasteiger partial charge in [0.25, 0.3) is 0 Å². The van der Waals surface area contributed by atoms with Gasteiger partial charge >= 0.3 is 0 Å². The average molecular weight is 170 g/mol. The predicted octanol–water partition coefficient (Wildman–Crippen LogP) is -0.0385. The first kappa shape index (κ1) is 9.96. The Morgan fingerprint density at radius 3 is 2.25 bits per heavy atom. The maximum atomic E-state index is 5.53. The molecule has 1 aliphatic rings. The van der Waals surface area contributed by atoms with Gasteiger partial charge in [0.2, 0.25) is 0 Å². The number of methoxy groups -OCH3 is 1. The van der Waals surface area contributed by atoms with E-state index in [2.05, 4.69) is 9.80 Å². The van der Waals surface area contributed by atoms with Crippen LogP contribution in [-0.4, -0.2) is 62.8 Å². The van der Waals surface area contributed by atoms with E-state index in [4.69, 9.17) is 11.7 Å². The third-order valence-corrected chi connectivity index (χ3v) is 2.33. The van der Waals surface area contributed by atoms with Crippen molar-refractivity contribution in [2.45, 2.75) is 0 Å². The zero-order valence-corrected chi connectivity index (χ0v) is 7.83. The molecule has 1 rings (SSSR count). The summed E-state index contributed by atoms with van der Waals surface area (Å²) < 4.78 is 5.02. The minimum absolute atomic E-state index is 0.693. The molecule has 0 unspecified atom stereocenters. The van der Waals surface area contributed by atoms with Crippen molar-refractivity contribution in [1.82, 2.24) is 9.80 Å². The summed E-state index contributed by atoms with van der Waals surface area (Å²) in [6.07, 6.45) is 0. The molecule has 70 valence electrons. The molecule has 1 heterocycles. The summed E-state index contributed by atoms with van der Waals surface area (Å²) in [5, 5.41) is 0. The van der Waals surface area contributed by atoms with Crippen molar-refractivity contribution in [1.29, 1.82) is 0 Å². The first-order valence-corrected chi connectivity index (χ1v) is 4.50.